The first-order valence-corrected chi connectivity index (χ1v) is 7.23. The molecular formula is C15H18ClNO4. The first-order valence-electron chi connectivity index (χ1n) is 6.86. The van der Waals surface area contributed by atoms with Crippen LogP contribution in [0, 0.1) is 0 Å². The van der Waals surface area contributed by atoms with Crippen molar-refractivity contribution in [3.05, 3.63) is 29.3 Å². The molecule has 0 bridgehead atoms. The zero-order chi connectivity index (χ0) is 15.5. The van der Waals surface area contributed by atoms with Crippen LogP contribution in [0.2, 0.25) is 5.02 Å². The summed E-state index contributed by atoms with van der Waals surface area (Å²) < 4.78 is 5.47. The minimum Gasteiger partial charge on any atom is -0.493 e. The highest BCUT2D eigenvalue weighted by Crippen LogP contribution is 2.29. The molecule has 1 amide bonds. The molecule has 1 aromatic carbocycles. The number of carbonyl (C=O) groups excluding carboxylic acids is 1. The molecular weight excluding hydrogens is 294 g/mol. The molecule has 114 valence electrons. The maximum Gasteiger partial charge on any atom is 0.329 e. The van der Waals surface area contributed by atoms with E-state index in [9.17, 15) is 14.7 Å². The number of carbonyl (C=O) groups is 2. The highest BCUT2D eigenvalue weighted by atomic mass is 35.5. The Kier molecular flexibility index (Phi) is 4.73. The molecule has 0 saturated carbocycles. The van der Waals surface area contributed by atoms with Gasteiger partial charge in [-0.1, -0.05) is 17.7 Å². The van der Waals surface area contributed by atoms with Crippen molar-refractivity contribution >= 4 is 23.5 Å². The largest absolute Gasteiger partial charge is 0.493 e. The van der Waals surface area contributed by atoms with E-state index in [1.54, 1.807) is 31.2 Å². The SMILES string of the molecule is CC1(C(=O)O)CCCN1C(=O)CCOc1cccc(Cl)c1. The summed E-state index contributed by atoms with van der Waals surface area (Å²) in [7, 11) is 0. The smallest absolute Gasteiger partial charge is 0.329 e. The minimum atomic E-state index is -1.09. The highest BCUT2D eigenvalue weighted by Gasteiger charge is 2.45. The summed E-state index contributed by atoms with van der Waals surface area (Å²) in [4.78, 5) is 25.0. The lowest BCUT2D eigenvalue weighted by Crippen LogP contribution is -2.51. The molecule has 1 aromatic rings. The van der Waals surface area contributed by atoms with Crippen LogP contribution < -0.4 is 4.74 Å². The number of carboxylic acids is 1. The first kappa shape index (κ1) is 15.6. The lowest BCUT2D eigenvalue weighted by atomic mass is 9.99. The van der Waals surface area contributed by atoms with Crippen LogP contribution in [0.25, 0.3) is 0 Å². The zero-order valence-electron chi connectivity index (χ0n) is 11.8. The summed E-state index contributed by atoms with van der Waals surface area (Å²) in [5.41, 5.74) is -1.09. The van der Waals surface area contributed by atoms with E-state index in [1.165, 1.54) is 4.90 Å². The van der Waals surface area contributed by atoms with E-state index in [1.807, 2.05) is 0 Å². The van der Waals surface area contributed by atoms with E-state index in [4.69, 9.17) is 16.3 Å². The van der Waals surface area contributed by atoms with Crippen molar-refractivity contribution in [3.8, 4) is 5.75 Å². The Morgan fingerprint density at radius 2 is 2.24 bits per heavy atom. The van der Waals surface area contributed by atoms with Crippen molar-refractivity contribution < 1.29 is 19.4 Å². The van der Waals surface area contributed by atoms with E-state index in [-0.39, 0.29) is 18.9 Å². The third kappa shape index (κ3) is 3.47. The molecule has 1 aliphatic heterocycles. The number of ether oxygens (including phenoxy) is 1. The van der Waals surface area contributed by atoms with Gasteiger partial charge in [-0.25, -0.2) is 4.79 Å². The highest BCUT2D eigenvalue weighted by molar-refractivity contribution is 6.30. The quantitative estimate of drug-likeness (QED) is 0.907. The number of hydrogen-bond donors (Lipinski definition) is 1. The molecule has 0 spiro atoms. The van der Waals surface area contributed by atoms with E-state index >= 15 is 0 Å². The molecule has 0 radical (unpaired) electrons. The third-order valence-corrected chi connectivity index (χ3v) is 4.02. The van der Waals surface area contributed by atoms with Gasteiger partial charge in [-0.2, -0.15) is 0 Å². The van der Waals surface area contributed by atoms with E-state index < -0.39 is 11.5 Å². The second kappa shape index (κ2) is 6.35. The van der Waals surface area contributed by atoms with Crippen LogP contribution in [-0.4, -0.2) is 40.6 Å². The number of carboxylic acid groups (broad SMARTS) is 1. The van der Waals surface area contributed by atoms with Crippen LogP contribution in [-0.2, 0) is 9.59 Å². The fourth-order valence-corrected chi connectivity index (χ4v) is 2.71. The van der Waals surface area contributed by atoms with Gasteiger partial charge in [0.05, 0.1) is 13.0 Å². The van der Waals surface area contributed by atoms with Gasteiger partial charge in [-0.3, -0.25) is 4.79 Å². The molecule has 2 rings (SSSR count). The number of nitrogens with zero attached hydrogens (tertiary/aromatic N) is 1. The van der Waals surface area contributed by atoms with Gasteiger partial charge in [0, 0.05) is 11.6 Å². The van der Waals surface area contributed by atoms with Crippen LogP contribution in [0.4, 0.5) is 0 Å². The van der Waals surface area contributed by atoms with E-state index in [0.717, 1.165) is 0 Å². The second-order valence-electron chi connectivity index (χ2n) is 5.28. The van der Waals surface area contributed by atoms with Gasteiger partial charge in [-0.05, 0) is 38.0 Å². The Bertz CT molecular complexity index is 548. The number of likely N-dealkylation sites (tertiary alicyclic amines) is 1. The molecule has 1 heterocycles. The van der Waals surface area contributed by atoms with Crippen LogP contribution in [0.1, 0.15) is 26.2 Å². The summed E-state index contributed by atoms with van der Waals surface area (Å²) in [6, 6.07) is 6.93. The van der Waals surface area contributed by atoms with Crippen molar-refractivity contribution in [2.75, 3.05) is 13.2 Å². The van der Waals surface area contributed by atoms with Gasteiger partial charge in [0.1, 0.15) is 11.3 Å². The topological polar surface area (TPSA) is 66.8 Å². The Morgan fingerprint density at radius 3 is 2.90 bits per heavy atom. The normalized spacial score (nSPS) is 21.3. The summed E-state index contributed by atoms with van der Waals surface area (Å²) in [6.07, 6.45) is 1.35. The summed E-state index contributed by atoms with van der Waals surface area (Å²) in [6.45, 7) is 2.28. The van der Waals surface area contributed by atoms with Gasteiger partial charge in [0.15, 0.2) is 0 Å². The van der Waals surface area contributed by atoms with Gasteiger partial charge in [0.25, 0.3) is 0 Å². The Balaban J connectivity index is 1.89. The van der Waals surface area contributed by atoms with Crippen molar-refractivity contribution in [2.24, 2.45) is 0 Å². The predicted molar refractivity (Wildman–Crippen MR) is 78.6 cm³/mol. The summed E-state index contributed by atoms with van der Waals surface area (Å²) in [5, 5.41) is 9.85. The molecule has 1 aliphatic rings. The average molecular weight is 312 g/mol. The Hall–Kier alpha value is -1.75. The fourth-order valence-electron chi connectivity index (χ4n) is 2.53. The second-order valence-corrected chi connectivity index (χ2v) is 5.72. The predicted octanol–water partition coefficient (Wildman–Crippen LogP) is 2.57. The monoisotopic (exact) mass is 311 g/mol. The number of benzene rings is 1. The lowest BCUT2D eigenvalue weighted by Gasteiger charge is -2.31. The number of rotatable bonds is 5. The molecule has 1 unspecified atom stereocenters. The standard InChI is InChI=1S/C15H18ClNO4/c1-15(14(19)20)7-3-8-17(15)13(18)6-9-21-12-5-2-4-11(16)10-12/h2,4-5,10H,3,6-9H2,1H3,(H,19,20). The molecule has 1 N–H and O–H groups in total. The van der Waals surface area contributed by atoms with Gasteiger partial charge >= 0.3 is 5.97 Å². The van der Waals surface area contributed by atoms with Crippen LogP contribution in [0.3, 0.4) is 0 Å². The molecule has 0 aliphatic carbocycles. The molecule has 1 fully saturated rings. The van der Waals surface area contributed by atoms with Gasteiger partial charge in [-0.15, -0.1) is 0 Å². The molecule has 1 atom stereocenters. The maximum atomic E-state index is 12.2. The van der Waals surface area contributed by atoms with Crippen molar-refractivity contribution in [1.29, 1.82) is 0 Å². The summed E-state index contributed by atoms with van der Waals surface area (Å²) in [5.74, 6) is -0.554. The van der Waals surface area contributed by atoms with Crippen molar-refractivity contribution in [3.63, 3.8) is 0 Å². The van der Waals surface area contributed by atoms with E-state index in [0.29, 0.717) is 30.2 Å². The maximum absolute atomic E-state index is 12.2. The lowest BCUT2D eigenvalue weighted by molar-refractivity contribution is -0.155. The number of halogens is 1. The molecule has 1 saturated heterocycles. The first-order chi connectivity index (χ1) is 9.93. The fraction of sp³-hybridized carbons (Fsp3) is 0.467. The molecule has 21 heavy (non-hydrogen) atoms. The Morgan fingerprint density at radius 1 is 1.48 bits per heavy atom. The molecule has 5 nitrogen and oxygen atoms in total. The van der Waals surface area contributed by atoms with Gasteiger partial charge < -0.3 is 14.7 Å². The molecule has 0 aromatic heterocycles. The zero-order valence-corrected chi connectivity index (χ0v) is 12.6. The van der Waals surface area contributed by atoms with E-state index in [2.05, 4.69) is 0 Å². The minimum absolute atomic E-state index is 0.148. The molecule has 6 heteroatoms. The average Bonchev–Trinajstić information content (AvgIpc) is 2.82. The van der Waals surface area contributed by atoms with Crippen LogP contribution >= 0.6 is 11.6 Å². The number of hydrogen-bond acceptors (Lipinski definition) is 3. The van der Waals surface area contributed by atoms with Gasteiger partial charge in [0.2, 0.25) is 5.91 Å². The van der Waals surface area contributed by atoms with Crippen molar-refractivity contribution in [2.45, 2.75) is 31.7 Å². The van der Waals surface area contributed by atoms with Crippen LogP contribution in [0.5, 0.6) is 5.75 Å². The Labute approximate surface area is 128 Å². The number of aliphatic carboxylic acids is 1. The summed E-state index contributed by atoms with van der Waals surface area (Å²) >= 11 is 5.84. The van der Waals surface area contributed by atoms with Crippen molar-refractivity contribution in [1.82, 2.24) is 4.90 Å². The van der Waals surface area contributed by atoms with Crippen LogP contribution in [0.15, 0.2) is 24.3 Å². The third-order valence-electron chi connectivity index (χ3n) is 3.78. The number of amides is 1.